The Morgan fingerprint density at radius 3 is 0.908 bits per heavy atom. The molecule has 4 nitrogen and oxygen atoms in total. The fourth-order valence-electron chi connectivity index (χ4n) is 18.2. The van der Waals surface area contributed by atoms with E-state index in [4.69, 9.17) is 4.74 Å². The van der Waals surface area contributed by atoms with Crippen LogP contribution in [0, 0.1) is 38.0 Å². The Balaban J connectivity index is 0.000000130. The summed E-state index contributed by atoms with van der Waals surface area (Å²) in [5, 5.41) is 0. The van der Waals surface area contributed by atoms with Crippen molar-refractivity contribution in [3.8, 4) is 39.1 Å². The second kappa shape index (κ2) is 30.3. The molecule has 6 aliphatic rings. The zero-order chi connectivity index (χ0) is 76.8. The maximum Gasteiger partial charge on any atom is 0.124 e. The first-order valence-electron chi connectivity index (χ1n) is 38.3. The SMILES string of the molecule is Cc1cc(-c2ccc3c(c2)C(C)(C)C(C)(C)C3(C)C)ccc1N(c1ccc(Br)cc1)c1ccc(Br)cc1.Cc1cc(-c2ccc3c(c2)C(C)(C)C(C)(C)O3)ccc1N(c1ccc(Br)cc1)c1ccc(Br)cc1.Cc1cc(-c2ccc3c(c2)C2CC4CC(CC3C4)C2)ccc1N(c1ccc(Br)cc1)c1ccc(Br)cc1. The Bertz CT molecular complexity index is 5220. The number of ether oxygens (including phenoxy) is 1. The van der Waals surface area contributed by atoms with Crippen molar-refractivity contribution in [1.82, 2.24) is 0 Å². The highest BCUT2D eigenvalue weighted by molar-refractivity contribution is 9.11. The van der Waals surface area contributed by atoms with E-state index in [2.05, 4.69) is 455 Å². The zero-order valence-electron chi connectivity index (χ0n) is 64.6. The highest BCUT2D eigenvalue weighted by Gasteiger charge is 2.57. The van der Waals surface area contributed by atoms with Gasteiger partial charge in [-0.15, -0.1) is 0 Å². The van der Waals surface area contributed by atoms with Crippen LogP contribution in [0.25, 0.3) is 33.4 Å². The molecule has 1 aliphatic heterocycles. The molecule has 0 N–H and O–H groups in total. The third kappa shape index (κ3) is 14.9. The Labute approximate surface area is 697 Å². The van der Waals surface area contributed by atoms with Gasteiger partial charge in [-0.2, -0.15) is 0 Å². The van der Waals surface area contributed by atoms with E-state index in [0.29, 0.717) is 0 Å². The van der Waals surface area contributed by atoms with Gasteiger partial charge < -0.3 is 19.4 Å². The summed E-state index contributed by atoms with van der Waals surface area (Å²) in [6.45, 7) is 30.0. The summed E-state index contributed by atoms with van der Waals surface area (Å²) in [7, 11) is 0. The van der Waals surface area contributed by atoms with E-state index >= 15 is 0 Å². The van der Waals surface area contributed by atoms with Gasteiger partial charge in [0.25, 0.3) is 0 Å². The maximum absolute atomic E-state index is 6.28. The van der Waals surface area contributed by atoms with Crippen LogP contribution in [0.5, 0.6) is 5.75 Å². The maximum atomic E-state index is 6.28. The molecule has 12 aromatic carbocycles. The number of fused-ring (bicyclic) bond motifs is 2. The average Bonchev–Trinajstić information content (AvgIpc) is 1.54. The van der Waals surface area contributed by atoms with Gasteiger partial charge in [-0.05, 0) is 373 Å². The summed E-state index contributed by atoms with van der Waals surface area (Å²) in [5.41, 5.74) is 29.4. The van der Waals surface area contributed by atoms with Crippen molar-refractivity contribution in [2.24, 2.45) is 17.3 Å². The number of aryl methyl sites for hydroxylation is 3. The molecule has 2 saturated carbocycles. The van der Waals surface area contributed by atoms with E-state index in [-0.39, 0.29) is 27.3 Å². The van der Waals surface area contributed by atoms with E-state index in [0.717, 1.165) is 96.1 Å². The lowest BCUT2D eigenvalue weighted by molar-refractivity contribution is 0.0712. The van der Waals surface area contributed by atoms with Gasteiger partial charge in [-0.25, -0.2) is 0 Å². The zero-order valence-corrected chi connectivity index (χ0v) is 74.1. The predicted octanol–water partition coefficient (Wildman–Crippen LogP) is 32.4. The summed E-state index contributed by atoms with van der Waals surface area (Å²) in [6.07, 6.45) is 7.17. The van der Waals surface area contributed by atoms with Crippen molar-refractivity contribution < 1.29 is 4.74 Å². The minimum atomic E-state index is -0.233. The number of rotatable bonds is 12. The first-order valence-corrected chi connectivity index (χ1v) is 43.1. The molecule has 109 heavy (non-hydrogen) atoms. The number of halogens is 6. The lowest BCUT2D eigenvalue weighted by Gasteiger charge is -2.44. The van der Waals surface area contributed by atoms with Gasteiger partial charge in [0.15, 0.2) is 0 Å². The third-order valence-corrected chi connectivity index (χ3v) is 29.1. The number of nitrogens with zero attached hydrogens (tertiary/aromatic N) is 3. The summed E-state index contributed by atoms with van der Waals surface area (Å²) in [6, 6.07) is 92.8. The van der Waals surface area contributed by atoms with Gasteiger partial charge in [0.05, 0.1) is 0 Å². The average molecular weight is 1820 g/mol. The first-order chi connectivity index (χ1) is 51.9. The molecule has 0 radical (unpaired) electrons. The predicted molar refractivity (Wildman–Crippen MR) is 483 cm³/mol. The van der Waals surface area contributed by atoms with Crippen molar-refractivity contribution in [2.75, 3.05) is 14.7 Å². The summed E-state index contributed by atoms with van der Waals surface area (Å²) in [4.78, 5) is 6.99. The van der Waals surface area contributed by atoms with Crippen molar-refractivity contribution in [3.63, 3.8) is 0 Å². The van der Waals surface area contributed by atoms with E-state index in [9.17, 15) is 0 Å². The number of anilines is 9. The van der Waals surface area contributed by atoms with Crippen LogP contribution in [0.4, 0.5) is 51.2 Å². The van der Waals surface area contributed by atoms with Crippen molar-refractivity contribution in [3.05, 3.63) is 326 Å². The molecule has 2 unspecified atom stereocenters. The number of hydrogen-bond acceptors (Lipinski definition) is 4. The molecule has 0 amide bonds. The lowest BCUT2D eigenvalue weighted by atomic mass is 9.59. The van der Waals surface area contributed by atoms with E-state index in [1.165, 1.54) is 110 Å². The molecular weight excluding hydrogens is 1730 g/mol. The smallest absolute Gasteiger partial charge is 0.124 e. The van der Waals surface area contributed by atoms with Crippen molar-refractivity contribution >= 4 is 147 Å². The molecular formula is C99H95Br6N3O. The molecule has 5 aliphatic carbocycles. The molecule has 1 heterocycles. The number of hydrogen-bond donors (Lipinski definition) is 0. The quantitative estimate of drug-likeness (QED) is 0.121. The topological polar surface area (TPSA) is 19.0 Å². The molecule has 4 bridgehead atoms. The molecule has 2 atom stereocenters. The highest BCUT2D eigenvalue weighted by Crippen LogP contribution is 2.63. The molecule has 0 saturated heterocycles. The first kappa shape index (κ1) is 77.1. The summed E-state index contributed by atoms with van der Waals surface area (Å²) in [5.74, 6) is 4.49. The number of benzene rings is 12. The van der Waals surface area contributed by atoms with Crippen molar-refractivity contribution in [1.29, 1.82) is 0 Å². The van der Waals surface area contributed by atoms with Crippen molar-refractivity contribution in [2.45, 2.75) is 156 Å². The lowest BCUT2D eigenvalue weighted by Crippen LogP contribution is -2.42. The minimum absolute atomic E-state index is 0.0622. The standard InChI is InChI=1S/C34H31Br2N.C34H35Br2N.C31H29Br2NO/c1-21-14-24(25-2-12-32-26-16-22-15-23(17-26)19-27(18-22)33(32)20-25)3-13-34(21)37(30-8-4-28(35)5-9-30)31-10-6-29(36)7-11-31;1-22-20-23(24-8-18-29-30(21-24)33(4,5)34(6,7)32(29,2)3)9-19-31(22)37(27-14-10-25(35)11-15-27)28-16-12-26(36)13-17-28;1-20-18-21(22-7-17-29-27(19-22)30(2,3)31(4,5)35-29)6-16-28(20)34(25-12-8-23(32)9-13-25)26-14-10-24(33)11-15-26/h2-14,20,22-23,26-27H,15-19H2,1H3;8-21H,1-7H3;6-19H,1-5H3. The Hall–Kier alpha value is -7.28. The normalized spacial score (nSPS) is 18.7. The summed E-state index contributed by atoms with van der Waals surface area (Å²) >= 11 is 21.5. The molecule has 10 heteroatoms. The van der Waals surface area contributed by atoms with Gasteiger partial charge in [-0.3, -0.25) is 0 Å². The fraction of sp³-hybridized carbons (Fsp3) is 0.273. The van der Waals surface area contributed by atoms with Gasteiger partial charge in [0.2, 0.25) is 0 Å². The fourth-order valence-corrected chi connectivity index (χ4v) is 19.8. The van der Waals surface area contributed by atoms with Gasteiger partial charge in [-0.1, -0.05) is 212 Å². The summed E-state index contributed by atoms with van der Waals surface area (Å²) < 4.78 is 12.7. The highest BCUT2D eigenvalue weighted by atomic mass is 79.9. The molecule has 0 spiro atoms. The van der Waals surface area contributed by atoms with Crippen LogP contribution < -0.4 is 19.4 Å². The molecule has 2 fully saturated rings. The van der Waals surface area contributed by atoms with Gasteiger partial charge in [0.1, 0.15) is 11.4 Å². The van der Waals surface area contributed by atoms with E-state index < -0.39 is 0 Å². The second-order valence-electron chi connectivity index (χ2n) is 33.6. The van der Waals surface area contributed by atoms with Gasteiger partial charge >= 0.3 is 0 Å². The van der Waals surface area contributed by atoms with Crippen LogP contribution in [0.15, 0.2) is 282 Å². The van der Waals surface area contributed by atoms with E-state index in [1.54, 1.807) is 11.1 Å². The molecule has 12 aromatic rings. The van der Waals surface area contributed by atoms with Crippen LogP contribution in [0.3, 0.4) is 0 Å². The largest absolute Gasteiger partial charge is 0.487 e. The Morgan fingerprint density at radius 1 is 0.275 bits per heavy atom. The van der Waals surface area contributed by atoms with Crippen LogP contribution in [-0.2, 0) is 16.2 Å². The van der Waals surface area contributed by atoms with Gasteiger partial charge in [0, 0.05) is 89.0 Å². The van der Waals surface area contributed by atoms with Crippen LogP contribution in [-0.4, -0.2) is 5.60 Å². The minimum Gasteiger partial charge on any atom is -0.487 e. The molecule has 0 aromatic heterocycles. The Morgan fingerprint density at radius 2 is 0.560 bits per heavy atom. The van der Waals surface area contributed by atoms with Crippen LogP contribution >= 0.6 is 95.6 Å². The molecule has 554 valence electrons. The molecule has 18 rings (SSSR count). The van der Waals surface area contributed by atoms with E-state index in [1.807, 2.05) is 0 Å². The van der Waals surface area contributed by atoms with Crippen LogP contribution in [0.1, 0.15) is 158 Å². The third-order valence-electron chi connectivity index (χ3n) is 25.9. The van der Waals surface area contributed by atoms with Crippen LogP contribution in [0.2, 0.25) is 0 Å². The monoisotopic (exact) mass is 1820 g/mol. The second-order valence-corrected chi connectivity index (χ2v) is 39.1. The Kier molecular flexibility index (Phi) is 21.4.